The molecule has 0 saturated carbocycles. The molecule has 2 unspecified atom stereocenters. The monoisotopic (exact) mass is 193 g/mol. The van der Waals surface area contributed by atoms with Crippen LogP contribution in [0.2, 0.25) is 0 Å². The van der Waals surface area contributed by atoms with Crippen molar-refractivity contribution in [2.75, 3.05) is 0 Å². The van der Waals surface area contributed by atoms with Crippen molar-refractivity contribution in [3.8, 4) is 12.3 Å². The first kappa shape index (κ1) is 10.3. The Morgan fingerprint density at radius 1 is 1.69 bits per heavy atom. The molecule has 0 fully saturated rings. The van der Waals surface area contributed by atoms with Gasteiger partial charge < -0.3 is 0 Å². The standard InChI is InChI=1S/C11H15NS/c1-4-10(5-2)12-9(3)11-7-6-8-13-11/h1,6-10,12H,5H2,2-3H3. The molecule has 0 aliphatic carbocycles. The number of terminal acetylenes is 1. The van der Waals surface area contributed by atoms with Gasteiger partial charge in [0.05, 0.1) is 6.04 Å². The lowest BCUT2D eigenvalue weighted by molar-refractivity contribution is 0.518. The molecule has 1 nitrogen and oxygen atoms in total. The van der Waals surface area contributed by atoms with Gasteiger partial charge in [0.2, 0.25) is 0 Å². The maximum atomic E-state index is 5.38. The zero-order valence-corrected chi connectivity index (χ0v) is 8.90. The minimum absolute atomic E-state index is 0.192. The highest BCUT2D eigenvalue weighted by Gasteiger charge is 2.09. The molecule has 1 rings (SSSR count). The molecular formula is C11H15NS. The van der Waals surface area contributed by atoms with Crippen molar-refractivity contribution in [2.45, 2.75) is 32.4 Å². The van der Waals surface area contributed by atoms with Crippen molar-refractivity contribution in [3.05, 3.63) is 22.4 Å². The van der Waals surface area contributed by atoms with Gasteiger partial charge in [0.25, 0.3) is 0 Å². The van der Waals surface area contributed by atoms with Gasteiger partial charge in [-0.3, -0.25) is 5.32 Å². The molecule has 0 aliphatic heterocycles. The second-order valence-electron chi connectivity index (χ2n) is 3.03. The molecular weight excluding hydrogens is 178 g/mol. The Morgan fingerprint density at radius 3 is 2.92 bits per heavy atom. The van der Waals surface area contributed by atoms with Crippen LogP contribution in [0.15, 0.2) is 17.5 Å². The third-order valence-corrected chi connectivity index (χ3v) is 3.09. The summed E-state index contributed by atoms with van der Waals surface area (Å²) in [6.07, 6.45) is 6.35. The third kappa shape index (κ3) is 2.87. The molecule has 1 N–H and O–H groups in total. The fourth-order valence-electron chi connectivity index (χ4n) is 1.21. The van der Waals surface area contributed by atoms with Crippen molar-refractivity contribution >= 4 is 11.3 Å². The van der Waals surface area contributed by atoms with E-state index in [1.54, 1.807) is 11.3 Å². The van der Waals surface area contributed by atoms with Crippen LogP contribution in [-0.2, 0) is 0 Å². The predicted molar refractivity (Wildman–Crippen MR) is 58.8 cm³/mol. The van der Waals surface area contributed by atoms with E-state index in [9.17, 15) is 0 Å². The van der Waals surface area contributed by atoms with Crippen LogP contribution in [0.5, 0.6) is 0 Å². The van der Waals surface area contributed by atoms with Gasteiger partial charge in [-0.2, -0.15) is 0 Å². The summed E-state index contributed by atoms with van der Waals surface area (Å²) in [5.41, 5.74) is 0. The highest BCUT2D eigenvalue weighted by molar-refractivity contribution is 7.10. The normalized spacial score (nSPS) is 14.8. The van der Waals surface area contributed by atoms with Crippen molar-refractivity contribution < 1.29 is 0 Å². The maximum absolute atomic E-state index is 5.38. The lowest BCUT2D eigenvalue weighted by Crippen LogP contribution is -2.29. The zero-order chi connectivity index (χ0) is 9.68. The largest absolute Gasteiger partial charge is 0.296 e. The fourth-order valence-corrected chi connectivity index (χ4v) is 1.95. The molecule has 70 valence electrons. The van der Waals surface area contributed by atoms with Crippen LogP contribution < -0.4 is 5.32 Å². The Hall–Kier alpha value is -0.780. The summed E-state index contributed by atoms with van der Waals surface area (Å²) in [6, 6.07) is 4.75. The molecule has 0 amide bonds. The van der Waals surface area contributed by atoms with Gasteiger partial charge in [-0.25, -0.2) is 0 Å². The minimum atomic E-state index is 0.192. The summed E-state index contributed by atoms with van der Waals surface area (Å²) in [4.78, 5) is 1.34. The lowest BCUT2D eigenvalue weighted by atomic mass is 10.2. The van der Waals surface area contributed by atoms with Gasteiger partial charge >= 0.3 is 0 Å². The van der Waals surface area contributed by atoms with Gasteiger partial charge in [-0.15, -0.1) is 17.8 Å². The minimum Gasteiger partial charge on any atom is -0.296 e. The van der Waals surface area contributed by atoms with Gasteiger partial charge in [-0.05, 0) is 24.8 Å². The first-order valence-corrected chi connectivity index (χ1v) is 5.41. The molecule has 2 heteroatoms. The molecule has 0 spiro atoms. The molecule has 0 radical (unpaired) electrons. The highest BCUT2D eigenvalue weighted by atomic mass is 32.1. The first-order chi connectivity index (χ1) is 6.27. The van der Waals surface area contributed by atoms with E-state index < -0.39 is 0 Å². The molecule has 13 heavy (non-hydrogen) atoms. The number of hydrogen-bond donors (Lipinski definition) is 1. The van der Waals surface area contributed by atoms with E-state index >= 15 is 0 Å². The second-order valence-corrected chi connectivity index (χ2v) is 4.01. The Bertz CT molecular complexity index is 271. The van der Waals surface area contributed by atoms with Crippen molar-refractivity contribution in [3.63, 3.8) is 0 Å². The molecule has 0 aliphatic rings. The van der Waals surface area contributed by atoms with E-state index in [1.807, 2.05) is 0 Å². The van der Waals surface area contributed by atoms with Crippen molar-refractivity contribution in [1.82, 2.24) is 5.32 Å². The van der Waals surface area contributed by atoms with Gasteiger partial charge in [0, 0.05) is 10.9 Å². The highest BCUT2D eigenvalue weighted by Crippen LogP contribution is 2.18. The van der Waals surface area contributed by atoms with Crippen LogP contribution in [0.1, 0.15) is 31.2 Å². The third-order valence-electron chi connectivity index (χ3n) is 2.03. The number of nitrogens with one attached hydrogen (secondary N) is 1. The van der Waals surface area contributed by atoms with E-state index in [0.717, 1.165) is 6.42 Å². The van der Waals surface area contributed by atoms with E-state index in [-0.39, 0.29) is 6.04 Å². The summed E-state index contributed by atoms with van der Waals surface area (Å²) >= 11 is 1.76. The van der Waals surface area contributed by atoms with E-state index in [2.05, 4.69) is 42.6 Å². The topological polar surface area (TPSA) is 12.0 Å². The molecule has 1 heterocycles. The number of hydrogen-bond acceptors (Lipinski definition) is 2. The average Bonchev–Trinajstić information content (AvgIpc) is 2.66. The van der Waals surface area contributed by atoms with Crippen molar-refractivity contribution in [2.24, 2.45) is 0 Å². The molecule has 0 saturated heterocycles. The number of rotatable bonds is 4. The van der Waals surface area contributed by atoms with Crippen LogP contribution in [0.3, 0.4) is 0 Å². The SMILES string of the molecule is C#CC(CC)NC(C)c1cccs1. The van der Waals surface area contributed by atoms with E-state index in [1.165, 1.54) is 4.88 Å². The smallest absolute Gasteiger partial charge is 0.0689 e. The summed E-state index contributed by atoms with van der Waals surface area (Å²) in [7, 11) is 0. The first-order valence-electron chi connectivity index (χ1n) is 4.53. The summed E-state index contributed by atoms with van der Waals surface area (Å²) in [6.45, 7) is 4.24. The molecule has 0 aromatic carbocycles. The Kier molecular flexibility index (Phi) is 4.01. The summed E-state index contributed by atoms with van der Waals surface area (Å²) in [5, 5.41) is 5.48. The van der Waals surface area contributed by atoms with E-state index in [0.29, 0.717) is 6.04 Å². The molecule has 1 aromatic heterocycles. The van der Waals surface area contributed by atoms with Gasteiger partial charge in [0.15, 0.2) is 0 Å². The van der Waals surface area contributed by atoms with Crippen molar-refractivity contribution in [1.29, 1.82) is 0 Å². The van der Waals surface area contributed by atoms with Gasteiger partial charge in [-0.1, -0.05) is 18.9 Å². The quantitative estimate of drug-likeness (QED) is 0.725. The van der Waals surface area contributed by atoms with Crippen LogP contribution >= 0.6 is 11.3 Å². The molecule has 1 aromatic rings. The Labute approximate surface area is 84.2 Å². The predicted octanol–water partition coefficient (Wildman–Crippen LogP) is 2.81. The van der Waals surface area contributed by atoms with E-state index in [4.69, 9.17) is 6.42 Å². The Balaban J connectivity index is 2.51. The maximum Gasteiger partial charge on any atom is 0.0689 e. The lowest BCUT2D eigenvalue weighted by Gasteiger charge is -2.16. The average molecular weight is 193 g/mol. The van der Waals surface area contributed by atoms with Crippen LogP contribution in [0.4, 0.5) is 0 Å². The molecule has 0 bridgehead atoms. The Morgan fingerprint density at radius 2 is 2.46 bits per heavy atom. The summed E-state index contributed by atoms with van der Waals surface area (Å²) < 4.78 is 0. The van der Waals surface area contributed by atoms with Crippen LogP contribution in [-0.4, -0.2) is 6.04 Å². The summed E-state index contributed by atoms with van der Waals surface area (Å²) in [5.74, 6) is 2.74. The van der Waals surface area contributed by atoms with Crippen LogP contribution in [0.25, 0.3) is 0 Å². The number of thiophene rings is 1. The fraction of sp³-hybridized carbons (Fsp3) is 0.455. The van der Waals surface area contributed by atoms with Crippen LogP contribution in [0, 0.1) is 12.3 Å². The second kappa shape index (κ2) is 5.06. The zero-order valence-electron chi connectivity index (χ0n) is 8.08. The molecule has 2 atom stereocenters. The van der Waals surface area contributed by atoms with Gasteiger partial charge in [0.1, 0.15) is 0 Å².